The van der Waals surface area contributed by atoms with Crippen LogP contribution in [-0.4, -0.2) is 53.5 Å². The Hall–Kier alpha value is -2.14. The molecule has 2 aliphatic rings. The highest BCUT2D eigenvalue weighted by atomic mass is 16.2. The summed E-state index contributed by atoms with van der Waals surface area (Å²) < 4.78 is 0. The second-order valence-corrected chi connectivity index (χ2v) is 7.58. The van der Waals surface area contributed by atoms with Gasteiger partial charge in [0.1, 0.15) is 0 Å². The van der Waals surface area contributed by atoms with Crippen LogP contribution in [0.25, 0.3) is 10.9 Å². The topological polar surface area (TPSA) is 48.5 Å². The molecule has 0 atom stereocenters. The maximum Gasteiger partial charge on any atom is 0.317 e. The highest BCUT2D eigenvalue weighted by Gasteiger charge is 2.24. The number of aromatic nitrogens is 1. The predicted octanol–water partition coefficient (Wildman–Crippen LogP) is 3.25. The van der Waals surface area contributed by atoms with Crippen LogP contribution in [0.1, 0.15) is 31.2 Å². The van der Waals surface area contributed by atoms with Crippen molar-refractivity contribution in [1.82, 2.24) is 20.1 Å². The number of carbonyl (C=O) groups is 1. The van der Waals surface area contributed by atoms with E-state index in [0.717, 1.165) is 48.6 Å². The van der Waals surface area contributed by atoms with Crippen molar-refractivity contribution in [3.05, 3.63) is 42.1 Å². The van der Waals surface area contributed by atoms with Gasteiger partial charge in [-0.2, -0.15) is 0 Å². The van der Waals surface area contributed by atoms with Gasteiger partial charge in [-0.05, 0) is 36.5 Å². The number of carbonyl (C=O) groups excluding carboxylic acids is 1. The predicted molar refractivity (Wildman–Crippen MR) is 104 cm³/mol. The van der Waals surface area contributed by atoms with Gasteiger partial charge in [0.05, 0.1) is 5.52 Å². The lowest BCUT2D eigenvalue weighted by Crippen LogP contribution is -2.52. The highest BCUT2D eigenvalue weighted by Crippen LogP contribution is 2.25. The van der Waals surface area contributed by atoms with E-state index in [-0.39, 0.29) is 6.03 Å². The number of hydrogen-bond acceptors (Lipinski definition) is 3. The van der Waals surface area contributed by atoms with Crippen LogP contribution >= 0.6 is 0 Å². The first kappa shape index (κ1) is 17.3. The van der Waals surface area contributed by atoms with Crippen molar-refractivity contribution in [2.45, 2.75) is 32.2 Å². The van der Waals surface area contributed by atoms with Crippen LogP contribution in [0, 0.1) is 5.92 Å². The molecular formula is C21H28N4O. The molecule has 26 heavy (non-hydrogen) atoms. The first-order chi connectivity index (χ1) is 12.8. The Balaban J connectivity index is 1.27. The van der Waals surface area contributed by atoms with Gasteiger partial charge in [0, 0.05) is 50.9 Å². The lowest BCUT2D eigenvalue weighted by atomic mass is 10.1. The Bertz CT molecular complexity index is 743. The summed E-state index contributed by atoms with van der Waals surface area (Å²) in [7, 11) is 0. The summed E-state index contributed by atoms with van der Waals surface area (Å²) >= 11 is 0. The van der Waals surface area contributed by atoms with E-state index >= 15 is 0 Å². The van der Waals surface area contributed by atoms with Crippen LogP contribution in [0.2, 0.25) is 0 Å². The summed E-state index contributed by atoms with van der Waals surface area (Å²) in [5.74, 6) is 0.885. The molecule has 2 heterocycles. The molecule has 2 fully saturated rings. The van der Waals surface area contributed by atoms with E-state index in [0.29, 0.717) is 6.54 Å². The number of piperazine rings is 1. The second kappa shape index (κ2) is 8.04. The molecule has 0 unspecified atom stereocenters. The van der Waals surface area contributed by atoms with Crippen LogP contribution < -0.4 is 5.32 Å². The molecule has 1 saturated heterocycles. The molecule has 1 aromatic heterocycles. The van der Waals surface area contributed by atoms with Gasteiger partial charge in [0.2, 0.25) is 0 Å². The number of nitrogens with one attached hydrogen (secondary N) is 1. The van der Waals surface area contributed by atoms with Gasteiger partial charge in [0.15, 0.2) is 0 Å². The summed E-state index contributed by atoms with van der Waals surface area (Å²) in [5.41, 5.74) is 2.09. The molecule has 2 amide bonds. The molecule has 0 spiro atoms. The van der Waals surface area contributed by atoms with E-state index in [2.05, 4.69) is 21.3 Å². The highest BCUT2D eigenvalue weighted by molar-refractivity contribution is 5.82. The average molecular weight is 352 g/mol. The Labute approximate surface area is 155 Å². The third-order valence-electron chi connectivity index (χ3n) is 5.82. The summed E-state index contributed by atoms with van der Waals surface area (Å²) in [5, 5.41) is 4.20. The van der Waals surface area contributed by atoms with Crippen molar-refractivity contribution in [2.24, 2.45) is 5.92 Å². The molecule has 138 valence electrons. The third-order valence-corrected chi connectivity index (χ3v) is 5.82. The van der Waals surface area contributed by atoms with E-state index in [1.54, 1.807) is 0 Å². The van der Waals surface area contributed by atoms with E-state index in [1.807, 2.05) is 35.4 Å². The van der Waals surface area contributed by atoms with Crippen LogP contribution in [0.15, 0.2) is 36.5 Å². The summed E-state index contributed by atoms with van der Waals surface area (Å²) in [4.78, 5) is 21.4. The largest absolute Gasteiger partial charge is 0.334 e. The van der Waals surface area contributed by atoms with Crippen LogP contribution in [0.4, 0.5) is 4.79 Å². The Kier molecular flexibility index (Phi) is 5.34. The van der Waals surface area contributed by atoms with Crippen molar-refractivity contribution in [1.29, 1.82) is 0 Å². The minimum absolute atomic E-state index is 0.0476. The monoisotopic (exact) mass is 352 g/mol. The molecule has 0 bridgehead atoms. The summed E-state index contributed by atoms with van der Waals surface area (Å²) in [6.45, 7) is 5.43. The zero-order valence-corrected chi connectivity index (χ0v) is 15.4. The fourth-order valence-corrected chi connectivity index (χ4v) is 4.28. The molecule has 1 aliphatic carbocycles. The van der Waals surface area contributed by atoms with Gasteiger partial charge in [0.25, 0.3) is 0 Å². The van der Waals surface area contributed by atoms with Crippen molar-refractivity contribution >= 4 is 16.9 Å². The molecule has 5 nitrogen and oxygen atoms in total. The van der Waals surface area contributed by atoms with Crippen molar-refractivity contribution in [3.8, 4) is 0 Å². The zero-order chi connectivity index (χ0) is 17.8. The number of hydrogen-bond donors (Lipinski definition) is 1. The molecule has 1 N–H and O–H groups in total. The van der Waals surface area contributed by atoms with E-state index in [9.17, 15) is 4.79 Å². The molecule has 1 aromatic carbocycles. The molecule has 4 rings (SSSR count). The minimum atomic E-state index is 0.0476. The SMILES string of the molecule is O=C(NCc1ccnc2ccccc12)N1CCN(CC2CCCC2)CC1. The quantitative estimate of drug-likeness (QED) is 0.919. The fraction of sp³-hybridized carbons (Fsp3) is 0.524. The molecular weight excluding hydrogens is 324 g/mol. The number of fused-ring (bicyclic) bond motifs is 1. The number of benzene rings is 1. The summed E-state index contributed by atoms with van der Waals surface area (Å²) in [6.07, 6.45) is 7.39. The van der Waals surface area contributed by atoms with Gasteiger partial charge in [-0.1, -0.05) is 31.0 Å². The lowest BCUT2D eigenvalue weighted by molar-refractivity contribution is 0.127. The van der Waals surface area contributed by atoms with Gasteiger partial charge < -0.3 is 10.2 Å². The van der Waals surface area contributed by atoms with Gasteiger partial charge in [-0.15, -0.1) is 0 Å². The fourth-order valence-electron chi connectivity index (χ4n) is 4.28. The van der Waals surface area contributed by atoms with Gasteiger partial charge in [-0.3, -0.25) is 9.88 Å². The van der Waals surface area contributed by atoms with Crippen LogP contribution in [-0.2, 0) is 6.54 Å². The zero-order valence-electron chi connectivity index (χ0n) is 15.4. The third kappa shape index (κ3) is 3.98. The molecule has 2 aromatic rings. The molecule has 1 aliphatic heterocycles. The Morgan fingerprint density at radius 2 is 1.85 bits per heavy atom. The smallest absolute Gasteiger partial charge is 0.317 e. The van der Waals surface area contributed by atoms with Gasteiger partial charge in [-0.25, -0.2) is 4.79 Å². The van der Waals surface area contributed by atoms with Crippen molar-refractivity contribution in [3.63, 3.8) is 0 Å². The maximum atomic E-state index is 12.5. The van der Waals surface area contributed by atoms with E-state index in [4.69, 9.17) is 0 Å². The van der Waals surface area contributed by atoms with Crippen molar-refractivity contribution < 1.29 is 4.79 Å². The van der Waals surface area contributed by atoms with Crippen LogP contribution in [0.5, 0.6) is 0 Å². The molecule has 5 heteroatoms. The second-order valence-electron chi connectivity index (χ2n) is 7.58. The number of amides is 2. The Morgan fingerprint density at radius 3 is 2.65 bits per heavy atom. The first-order valence-electron chi connectivity index (χ1n) is 9.87. The summed E-state index contributed by atoms with van der Waals surface area (Å²) in [6, 6.07) is 10.1. The molecule has 0 radical (unpaired) electrons. The standard InChI is InChI=1S/C21H28N4O/c26-21(23-15-18-9-10-22-20-8-4-3-7-19(18)20)25-13-11-24(12-14-25)16-17-5-1-2-6-17/h3-4,7-10,17H,1-2,5-6,11-16H2,(H,23,26). The average Bonchev–Trinajstić information content (AvgIpc) is 3.19. The number of para-hydroxylation sites is 1. The van der Waals surface area contributed by atoms with Crippen LogP contribution in [0.3, 0.4) is 0 Å². The number of rotatable bonds is 4. The van der Waals surface area contributed by atoms with E-state index < -0.39 is 0 Å². The number of urea groups is 1. The Morgan fingerprint density at radius 1 is 1.08 bits per heavy atom. The van der Waals surface area contributed by atoms with E-state index in [1.165, 1.54) is 32.2 Å². The number of pyridine rings is 1. The lowest BCUT2D eigenvalue weighted by Gasteiger charge is -2.35. The van der Waals surface area contributed by atoms with Crippen molar-refractivity contribution in [2.75, 3.05) is 32.7 Å². The van der Waals surface area contributed by atoms with Gasteiger partial charge >= 0.3 is 6.03 Å². The first-order valence-corrected chi connectivity index (χ1v) is 9.87. The maximum absolute atomic E-state index is 12.5. The minimum Gasteiger partial charge on any atom is -0.334 e. The molecule has 1 saturated carbocycles. The normalized spacial score (nSPS) is 19.2. The number of nitrogens with zero attached hydrogens (tertiary/aromatic N) is 3.